The highest BCUT2D eigenvalue weighted by molar-refractivity contribution is 5.21. The van der Waals surface area contributed by atoms with E-state index in [1.165, 1.54) is 68.6 Å². The molecule has 0 atom stereocenters. The molecule has 3 heteroatoms. The Bertz CT molecular complexity index is 802. The van der Waals surface area contributed by atoms with Crippen molar-refractivity contribution in [1.29, 1.82) is 0 Å². The SMILES string of the molecule is C.C.C.CC1CCC(C)CC1.CC1CCC(C)CC1.CC1COC(C)OC1.Cc1ccc(C)c(F)c1.Cc1ccc(C)cc1. The third kappa shape index (κ3) is 23.6. The van der Waals surface area contributed by atoms with Crippen molar-refractivity contribution < 1.29 is 13.9 Å². The summed E-state index contributed by atoms with van der Waals surface area (Å²) >= 11 is 0. The average Bonchev–Trinajstić information content (AvgIpc) is 2.94. The van der Waals surface area contributed by atoms with Gasteiger partial charge in [0.05, 0.1) is 13.2 Å². The van der Waals surface area contributed by atoms with Crippen LogP contribution in [-0.2, 0) is 9.47 Å². The second-order valence-corrected chi connectivity index (χ2v) is 13.5. The molecule has 1 aliphatic heterocycles. The highest BCUT2D eigenvalue weighted by atomic mass is 19.1. The number of hydrogen-bond donors (Lipinski definition) is 0. The summed E-state index contributed by atoms with van der Waals surface area (Å²) in [7, 11) is 0. The number of benzene rings is 2. The van der Waals surface area contributed by atoms with Crippen molar-refractivity contribution in [2.45, 2.75) is 149 Å². The van der Waals surface area contributed by atoms with Crippen LogP contribution in [0.2, 0.25) is 0 Å². The first-order chi connectivity index (χ1) is 19.3. The van der Waals surface area contributed by atoms with Gasteiger partial charge in [0, 0.05) is 5.92 Å². The fourth-order valence-electron chi connectivity index (χ4n) is 4.88. The minimum Gasteiger partial charge on any atom is -0.353 e. The molecule has 0 amide bonds. The smallest absolute Gasteiger partial charge is 0.154 e. The zero-order valence-corrected chi connectivity index (χ0v) is 28.3. The van der Waals surface area contributed by atoms with E-state index < -0.39 is 0 Å². The normalized spacial score (nSPS) is 25.3. The predicted molar refractivity (Wildman–Crippen MR) is 196 cm³/mol. The molecule has 258 valence electrons. The summed E-state index contributed by atoms with van der Waals surface area (Å²) in [6, 6.07) is 13.7. The summed E-state index contributed by atoms with van der Waals surface area (Å²) in [6.45, 7) is 23.0. The molecule has 1 heterocycles. The molecular weight excluding hydrogens is 543 g/mol. The molecule has 0 N–H and O–H groups in total. The molecule has 0 unspecified atom stereocenters. The van der Waals surface area contributed by atoms with Gasteiger partial charge in [0.25, 0.3) is 0 Å². The first kappa shape index (κ1) is 46.7. The van der Waals surface area contributed by atoms with Gasteiger partial charge in [-0.2, -0.15) is 0 Å². The molecule has 0 bridgehead atoms. The van der Waals surface area contributed by atoms with E-state index in [2.05, 4.69) is 72.7 Å². The molecule has 2 saturated carbocycles. The Morgan fingerprint density at radius 3 is 1.02 bits per heavy atom. The topological polar surface area (TPSA) is 18.5 Å². The number of halogens is 1. The Kier molecular flexibility index (Phi) is 28.1. The summed E-state index contributed by atoms with van der Waals surface area (Å²) in [5.41, 5.74) is 4.34. The van der Waals surface area contributed by atoms with E-state index in [0.717, 1.165) is 42.4 Å². The van der Waals surface area contributed by atoms with Crippen LogP contribution in [0.1, 0.15) is 137 Å². The lowest BCUT2D eigenvalue weighted by Gasteiger charge is -2.24. The van der Waals surface area contributed by atoms with Gasteiger partial charge in [0.15, 0.2) is 6.29 Å². The molecule has 0 spiro atoms. The summed E-state index contributed by atoms with van der Waals surface area (Å²) in [4.78, 5) is 0. The summed E-state index contributed by atoms with van der Waals surface area (Å²) in [5, 5.41) is 0. The second kappa shape index (κ2) is 26.5. The first-order valence-electron chi connectivity index (χ1n) is 16.3. The maximum atomic E-state index is 12.6. The Morgan fingerprint density at radius 1 is 0.477 bits per heavy atom. The van der Waals surface area contributed by atoms with Gasteiger partial charge in [-0.15, -0.1) is 0 Å². The third-order valence-electron chi connectivity index (χ3n) is 8.39. The fourth-order valence-corrected chi connectivity index (χ4v) is 4.88. The Labute approximate surface area is 275 Å². The summed E-state index contributed by atoms with van der Waals surface area (Å²) in [5.74, 6) is 4.54. The molecule has 1 saturated heterocycles. The van der Waals surface area contributed by atoms with Gasteiger partial charge in [-0.05, 0) is 75.5 Å². The predicted octanol–water partition coefficient (Wildman–Crippen LogP) is 13.3. The van der Waals surface area contributed by atoms with Crippen LogP contribution in [0, 0.1) is 63.1 Å². The number of rotatable bonds is 0. The molecule has 2 nitrogen and oxygen atoms in total. The first-order valence-corrected chi connectivity index (χ1v) is 16.3. The van der Waals surface area contributed by atoms with Gasteiger partial charge in [0.1, 0.15) is 5.82 Å². The zero-order valence-electron chi connectivity index (χ0n) is 28.3. The van der Waals surface area contributed by atoms with Crippen molar-refractivity contribution >= 4 is 0 Å². The minimum absolute atomic E-state index is 0. The van der Waals surface area contributed by atoms with Crippen molar-refractivity contribution in [3.63, 3.8) is 0 Å². The largest absolute Gasteiger partial charge is 0.353 e. The van der Waals surface area contributed by atoms with E-state index in [1.807, 2.05) is 19.9 Å². The van der Waals surface area contributed by atoms with E-state index in [4.69, 9.17) is 9.47 Å². The van der Waals surface area contributed by atoms with E-state index in [1.54, 1.807) is 13.0 Å². The molecule has 2 aromatic rings. The van der Waals surface area contributed by atoms with Gasteiger partial charge < -0.3 is 9.47 Å². The van der Waals surface area contributed by atoms with Gasteiger partial charge in [-0.1, -0.05) is 156 Å². The van der Waals surface area contributed by atoms with E-state index in [-0.39, 0.29) is 34.4 Å². The molecular formula is C41H75FO2. The van der Waals surface area contributed by atoms with E-state index in [0.29, 0.717) is 11.5 Å². The average molecular weight is 619 g/mol. The molecule has 5 rings (SSSR count). The molecule has 0 radical (unpaired) electrons. The van der Waals surface area contributed by atoms with E-state index >= 15 is 0 Å². The Morgan fingerprint density at radius 2 is 0.773 bits per heavy atom. The standard InChI is InChI=1S/C8H9F.2C8H16.C8H10.C6H12O2.3CH4/c1-6-3-4-7(2)8(9)5-6;3*1-7-3-5-8(2)6-4-7;1-5-3-7-6(2)8-4-5;;;/h3-5H,1-2H3;2*7-8H,3-6H2,1-2H3;3-6H,1-2H3;5-6H,3-4H2,1-2H3;3*1H4. The Hall–Kier alpha value is -1.71. The number of aryl methyl sites for hydroxylation is 4. The lowest BCUT2D eigenvalue weighted by molar-refractivity contribution is -0.187. The van der Waals surface area contributed by atoms with Gasteiger partial charge in [-0.25, -0.2) is 4.39 Å². The maximum absolute atomic E-state index is 12.6. The maximum Gasteiger partial charge on any atom is 0.154 e. The van der Waals surface area contributed by atoms with Crippen LogP contribution in [0.5, 0.6) is 0 Å². The molecule has 0 aromatic heterocycles. The van der Waals surface area contributed by atoms with Crippen molar-refractivity contribution in [2.75, 3.05) is 13.2 Å². The van der Waals surface area contributed by atoms with Crippen LogP contribution in [0.15, 0.2) is 42.5 Å². The molecule has 2 aliphatic carbocycles. The number of ether oxygens (including phenoxy) is 2. The fraction of sp³-hybridized carbons (Fsp3) is 0.707. The summed E-state index contributed by atoms with van der Waals surface area (Å²) < 4.78 is 22.9. The van der Waals surface area contributed by atoms with E-state index in [9.17, 15) is 4.39 Å². The third-order valence-corrected chi connectivity index (χ3v) is 8.39. The van der Waals surface area contributed by atoms with Crippen LogP contribution in [0.25, 0.3) is 0 Å². The molecule has 44 heavy (non-hydrogen) atoms. The molecule has 2 aromatic carbocycles. The Balaban J connectivity index is -0.000000470. The molecule has 3 fully saturated rings. The highest BCUT2D eigenvalue weighted by Gasteiger charge is 2.14. The van der Waals surface area contributed by atoms with Crippen molar-refractivity contribution in [2.24, 2.45) is 29.6 Å². The van der Waals surface area contributed by atoms with Crippen molar-refractivity contribution in [1.82, 2.24) is 0 Å². The zero-order chi connectivity index (χ0) is 30.8. The lowest BCUT2D eigenvalue weighted by atomic mass is 9.84. The number of hydrogen-bond acceptors (Lipinski definition) is 2. The van der Waals surface area contributed by atoms with Crippen LogP contribution in [0.3, 0.4) is 0 Å². The van der Waals surface area contributed by atoms with Crippen LogP contribution >= 0.6 is 0 Å². The van der Waals surface area contributed by atoms with Crippen LogP contribution < -0.4 is 0 Å². The van der Waals surface area contributed by atoms with Crippen molar-refractivity contribution in [3.8, 4) is 0 Å². The van der Waals surface area contributed by atoms with Crippen LogP contribution in [-0.4, -0.2) is 19.5 Å². The van der Waals surface area contributed by atoms with Crippen LogP contribution in [0.4, 0.5) is 4.39 Å². The quantitative estimate of drug-likeness (QED) is 0.292. The lowest BCUT2D eigenvalue weighted by Crippen LogP contribution is -2.27. The minimum atomic E-state index is -0.116. The van der Waals surface area contributed by atoms with Gasteiger partial charge in [0.2, 0.25) is 0 Å². The molecule has 3 aliphatic rings. The van der Waals surface area contributed by atoms with Gasteiger partial charge >= 0.3 is 0 Å². The highest BCUT2D eigenvalue weighted by Crippen LogP contribution is 2.28. The van der Waals surface area contributed by atoms with Gasteiger partial charge in [-0.3, -0.25) is 0 Å². The second-order valence-electron chi connectivity index (χ2n) is 13.5. The van der Waals surface area contributed by atoms with Crippen molar-refractivity contribution in [3.05, 3.63) is 70.5 Å². The monoisotopic (exact) mass is 619 g/mol. The summed E-state index contributed by atoms with van der Waals surface area (Å²) in [6.07, 6.45) is 11.8.